The number of halogens is 3. The van der Waals surface area contributed by atoms with Gasteiger partial charge in [0, 0.05) is 6.54 Å². The highest BCUT2D eigenvalue weighted by atomic mass is 19.4. The summed E-state index contributed by atoms with van der Waals surface area (Å²) in [6, 6.07) is 0. The van der Waals surface area contributed by atoms with Crippen LogP contribution in [-0.4, -0.2) is 42.9 Å². The minimum absolute atomic E-state index is 0.445. The van der Waals surface area contributed by atoms with Crippen molar-refractivity contribution >= 4 is 5.91 Å². The second-order valence-electron chi connectivity index (χ2n) is 4.25. The molecule has 0 saturated carbocycles. The van der Waals surface area contributed by atoms with Crippen LogP contribution in [0.5, 0.6) is 0 Å². The van der Waals surface area contributed by atoms with Gasteiger partial charge in [0.25, 0.3) is 0 Å². The number of alkyl halides is 3. The molecule has 0 radical (unpaired) electrons. The average Bonchev–Trinajstić information content (AvgIpc) is 2.60. The molecule has 1 amide bonds. The number of aliphatic hydroxyl groups is 1. The highest BCUT2D eigenvalue weighted by molar-refractivity contribution is 5.82. The normalized spacial score (nSPS) is 27.8. The third-order valence-electron chi connectivity index (χ3n) is 2.75. The number of aliphatic hydroxyl groups excluding tert-OH is 1. The smallest absolute Gasteiger partial charge is 0.382 e. The lowest BCUT2D eigenvalue weighted by Gasteiger charge is -2.23. The van der Waals surface area contributed by atoms with E-state index in [-0.39, 0.29) is 0 Å². The van der Waals surface area contributed by atoms with Crippen molar-refractivity contribution in [1.29, 1.82) is 0 Å². The number of rotatable bonds is 3. The molecular weight excluding hydrogens is 225 g/mol. The topological polar surface area (TPSA) is 61.4 Å². The van der Waals surface area contributed by atoms with E-state index in [1.807, 2.05) is 0 Å². The van der Waals surface area contributed by atoms with Crippen molar-refractivity contribution in [3.63, 3.8) is 0 Å². The van der Waals surface area contributed by atoms with Gasteiger partial charge in [-0.15, -0.1) is 0 Å². The van der Waals surface area contributed by atoms with Crippen LogP contribution in [-0.2, 0) is 4.79 Å². The maximum absolute atomic E-state index is 12.0. The van der Waals surface area contributed by atoms with Gasteiger partial charge >= 0.3 is 6.18 Å². The summed E-state index contributed by atoms with van der Waals surface area (Å²) in [5.74, 6) is -0.458. The SMILES string of the molecule is CC1(C(=O)NCC(O)C(F)(F)F)CCNC1. The Kier molecular flexibility index (Phi) is 3.80. The monoisotopic (exact) mass is 240 g/mol. The lowest BCUT2D eigenvalue weighted by molar-refractivity contribution is -0.202. The van der Waals surface area contributed by atoms with Gasteiger partial charge in [0.1, 0.15) is 0 Å². The summed E-state index contributed by atoms with van der Waals surface area (Å²) < 4.78 is 35.9. The summed E-state index contributed by atoms with van der Waals surface area (Å²) in [6.07, 6.45) is -6.61. The molecule has 0 aliphatic carbocycles. The number of hydrogen-bond acceptors (Lipinski definition) is 3. The van der Waals surface area contributed by atoms with Crippen LogP contribution in [0.2, 0.25) is 0 Å². The van der Waals surface area contributed by atoms with Gasteiger partial charge in [-0.3, -0.25) is 4.79 Å². The standard InChI is InChI=1S/C9H15F3N2O2/c1-8(2-3-13-5-8)7(16)14-4-6(15)9(10,11)12/h6,13,15H,2-5H2,1H3,(H,14,16). The summed E-state index contributed by atoms with van der Waals surface area (Å²) in [5.41, 5.74) is -0.675. The van der Waals surface area contributed by atoms with Gasteiger partial charge < -0.3 is 15.7 Å². The van der Waals surface area contributed by atoms with Gasteiger partial charge in [-0.05, 0) is 19.9 Å². The van der Waals surface area contributed by atoms with Crippen LogP contribution >= 0.6 is 0 Å². The predicted molar refractivity (Wildman–Crippen MR) is 50.7 cm³/mol. The Bertz CT molecular complexity index is 262. The molecule has 1 aliphatic rings. The first-order valence-corrected chi connectivity index (χ1v) is 4.99. The van der Waals surface area contributed by atoms with Gasteiger partial charge in [-0.2, -0.15) is 13.2 Å². The fourth-order valence-electron chi connectivity index (χ4n) is 1.53. The molecule has 0 spiro atoms. The maximum Gasteiger partial charge on any atom is 0.416 e. The third kappa shape index (κ3) is 3.08. The van der Waals surface area contributed by atoms with Crippen molar-refractivity contribution in [3.05, 3.63) is 0 Å². The second kappa shape index (κ2) is 4.58. The van der Waals surface area contributed by atoms with Gasteiger partial charge in [-0.25, -0.2) is 0 Å². The summed E-state index contributed by atoms with van der Waals surface area (Å²) in [4.78, 5) is 11.6. The van der Waals surface area contributed by atoms with Crippen molar-refractivity contribution in [3.8, 4) is 0 Å². The van der Waals surface area contributed by atoms with Gasteiger partial charge in [-0.1, -0.05) is 0 Å². The quantitative estimate of drug-likeness (QED) is 0.652. The highest BCUT2D eigenvalue weighted by Gasteiger charge is 2.40. The molecule has 0 aromatic carbocycles. The van der Waals surface area contributed by atoms with Crippen LogP contribution < -0.4 is 10.6 Å². The Labute approximate surface area is 91.2 Å². The van der Waals surface area contributed by atoms with Gasteiger partial charge in [0.15, 0.2) is 6.10 Å². The zero-order valence-electron chi connectivity index (χ0n) is 8.90. The molecule has 0 aromatic rings. The van der Waals surface area contributed by atoms with Crippen LogP contribution in [0.3, 0.4) is 0 Å². The highest BCUT2D eigenvalue weighted by Crippen LogP contribution is 2.25. The summed E-state index contributed by atoms with van der Waals surface area (Å²) in [5, 5.41) is 13.8. The Morgan fingerprint density at radius 1 is 1.62 bits per heavy atom. The van der Waals surface area contributed by atoms with Crippen molar-refractivity contribution in [2.45, 2.75) is 25.6 Å². The first-order chi connectivity index (χ1) is 7.26. The lowest BCUT2D eigenvalue weighted by Crippen LogP contribution is -2.46. The first kappa shape index (κ1) is 13.2. The van der Waals surface area contributed by atoms with Crippen molar-refractivity contribution in [2.75, 3.05) is 19.6 Å². The molecule has 3 N–H and O–H groups in total. The second-order valence-corrected chi connectivity index (χ2v) is 4.25. The fraction of sp³-hybridized carbons (Fsp3) is 0.889. The van der Waals surface area contributed by atoms with Crippen molar-refractivity contribution in [1.82, 2.24) is 10.6 Å². The number of nitrogens with one attached hydrogen (secondary N) is 2. The molecular formula is C9H15F3N2O2. The van der Waals surface area contributed by atoms with E-state index in [1.165, 1.54) is 0 Å². The zero-order valence-corrected chi connectivity index (χ0v) is 8.90. The maximum atomic E-state index is 12.0. The van der Waals surface area contributed by atoms with E-state index in [4.69, 9.17) is 5.11 Å². The molecule has 2 unspecified atom stereocenters. The molecule has 2 atom stereocenters. The van der Waals surface area contributed by atoms with Gasteiger partial charge in [0.2, 0.25) is 5.91 Å². The van der Waals surface area contributed by atoms with Crippen LogP contribution in [0.15, 0.2) is 0 Å². The fourth-order valence-corrected chi connectivity index (χ4v) is 1.53. The molecule has 4 nitrogen and oxygen atoms in total. The largest absolute Gasteiger partial charge is 0.416 e. The van der Waals surface area contributed by atoms with Crippen LogP contribution in [0, 0.1) is 5.41 Å². The van der Waals surface area contributed by atoms with Crippen molar-refractivity contribution < 1.29 is 23.1 Å². The number of carbonyl (C=O) groups is 1. The number of amides is 1. The van der Waals surface area contributed by atoms with E-state index in [1.54, 1.807) is 6.92 Å². The molecule has 94 valence electrons. The minimum Gasteiger partial charge on any atom is -0.382 e. The Morgan fingerprint density at radius 3 is 2.69 bits per heavy atom. The van der Waals surface area contributed by atoms with E-state index < -0.39 is 30.1 Å². The van der Waals surface area contributed by atoms with Gasteiger partial charge in [0.05, 0.1) is 12.0 Å². The molecule has 1 heterocycles. The average molecular weight is 240 g/mol. The molecule has 0 bridgehead atoms. The van der Waals surface area contributed by atoms with Crippen LogP contribution in [0.25, 0.3) is 0 Å². The molecule has 1 saturated heterocycles. The van der Waals surface area contributed by atoms with Crippen molar-refractivity contribution in [2.24, 2.45) is 5.41 Å². The summed E-state index contributed by atoms with van der Waals surface area (Å²) >= 11 is 0. The number of hydrogen-bond donors (Lipinski definition) is 3. The Balaban J connectivity index is 2.41. The summed E-state index contributed by atoms with van der Waals surface area (Å²) in [7, 11) is 0. The van der Waals surface area contributed by atoms with Crippen LogP contribution in [0.4, 0.5) is 13.2 Å². The first-order valence-electron chi connectivity index (χ1n) is 4.99. The lowest BCUT2D eigenvalue weighted by atomic mass is 9.89. The minimum atomic E-state index is -4.69. The molecule has 1 rings (SSSR count). The van der Waals surface area contributed by atoms with E-state index >= 15 is 0 Å². The van der Waals surface area contributed by atoms with E-state index in [9.17, 15) is 18.0 Å². The van der Waals surface area contributed by atoms with E-state index in [0.29, 0.717) is 19.5 Å². The van der Waals surface area contributed by atoms with Crippen LogP contribution in [0.1, 0.15) is 13.3 Å². The molecule has 7 heteroatoms. The predicted octanol–water partition coefficient (Wildman–Crippen LogP) is 0.0254. The Morgan fingerprint density at radius 2 is 2.25 bits per heavy atom. The number of carbonyl (C=O) groups excluding carboxylic acids is 1. The zero-order chi connectivity index (χ0) is 12.4. The molecule has 1 fully saturated rings. The van der Waals surface area contributed by atoms with E-state index in [0.717, 1.165) is 0 Å². The Hall–Kier alpha value is -0.820. The summed E-state index contributed by atoms with van der Waals surface area (Å²) in [6.45, 7) is 2.01. The molecule has 0 aromatic heterocycles. The van der Waals surface area contributed by atoms with E-state index in [2.05, 4.69) is 10.6 Å². The third-order valence-corrected chi connectivity index (χ3v) is 2.75. The molecule has 16 heavy (non-hydrogen) atoms. The molecule has 1 aliphatic heterocycles.